The van der Waals surface area contributed by atoms with Crippen LogP contribution in [0.2, 0.25) is 10.0 Å². The molecule has 7 nitrogen and oxygen atoms in total. The fourth-order valence-corrected chi connectivity index (χ4v) is 4.26. The number of carbonyl (C=O) groups excluding carboxylic acids is 1. The van der Waals surface area contributed by atoms with Gasteiger partial charge in [-0.25, -0.2) is 9.67 Å². The summed E-state index contributed by atoms with van der Waals surface area (Å²) >= 11 is 12.9. The zero-order valence-corrected chi connectivity index (χ0v) is 20.0. The quantitative estimate of drug-likeness (QED) is 0.425. The van der Waals surface area contributed by atoms with E-state index in [1.54, 1.807) is 29.9 Å². The van der Waals surface area contributed by atoms with Crippen LogP contribution in [-0.4, -0.2) is 32.7 Å². The second-order valence-corrected chi connectivity index (χ2v) is 8.89. The lowest BCUT2D eigenvalue weighted by Crippen LogP contribution is -2.19. The summed E-state index contributed by atoms with van der Waals surface area (Å²) < 4.78 is 1.66. The van der Waals surface area contributed by atoms with E-state index in [9.17, 15) is 9.59 Å². The van der Waals surface area contributed by atoms with Gasteiger partial charge < -0.3 is 5.32 Å². The number of amides is 1. The van der Waals surface area contributed by atoms with Gasteiger partial charge in [0, 0.05) is 13.5 Å². The number of likely N-dealkylation sites (N-methyl/N-ethyl adjacent to an activating group) is 1. The van der Waals surface area contributed by atoms with E-state index < -0.39 is 0 Å². The van der Waals surface area contributed by atoms with Gasteiger partial charge in [-0.05, 0) is 29.2 Å². The summed E-state index contributed by atoms with van der Waals surface area (Å²) in [6.07, 6.45) is 0.674. The molecule has 0 spiro atoms. The fraction of sp³-hybridized carbons (Fsp3) is 0.250. The molecule has 2 aromatic rings. The maximum atomic E-state index is 13.0. The van der Waals surface area contributed by atoms with E-state index in [0.717, 1.165) is 16.8 Å². The van der Waals surface area contributed by atoms with Crippen LogP contribution in [0.15, 0.2) is 47.3 Å². The first-order chi connectivity index (χ1) is 15.8. The van der Waals surface area contributed by atoms with Gasteiger partial charge in [-0.2, -0.15) is 4.98 Å². The Hall–Kier alpha value is -3.16. The summed E-state index contributed by atoms with van der Waals surface area (Å²) in [6.45, 7) is 3.97. The molecule has 2 N–H and O–H groups in total. The second-order valence-electron chi connectivity index (χ2n) is 8.07. The van der Waals surface area contributed by atoms with Gasteiger partial charge in [0.05, 0.1) is 22.2 Å². The Bertz CT molecular complexity index is 1320. The molecule has 0 aliphatic carbocycles. The highest BCUT2D eigenvalue weighted by molar-refractivity contribution is 6.37. The summed E-state index contributed by atoms with van der Waals surface area (Å²) in [5, 5.41) is 6.74. The van der Waals surface area contributed by atoms with Crippen molar-refractivity contribution in [1.29, 1.82) is 0 Å². The van der Waals surface area contributed by atoms with Crippen LogP contribution in [0.5, 0.6) is 0 Å². The van der Waals surface area contributed by atoms with Crippen molar-refractivity contribution < 1.29 is 4.79 Å². The number of rotatable bonds is 6. The minimum absolute atomic E-state index is 0.0324. The third-order valence-electron chi connectivity index (χ3n) is 5.38. The molecule has 0 saturated carbocycles. The average molecular weight is 484 g/mol. The summed E-state index contributed by atoms with van der Waals surface area (Å²) in [4.78, 5) is 33.6. The van der Waals surface area contributed by atoms with Gasteiger partial charge in [-0.15, -0.1) is 0 Å². The topological polar surface area (TPSA) is 92.7 Å². The van der Waals surface area contributed by atoms with Gasteiger partial charge in [-0.1, -0.05) is 67.4 Å². The zero-order valence-electron chi connectivity index (χ0n) is 18.4. The number of H-pyrrole nitrogens is 1. The molecule has 0 atom stereocenters. The number of aromatic amines is 1. The Morgan fingerprint density at radius 3 is 2.30 bits per heavy atom. The zero-order chi connectivity index (χ0) is 23.7. The van der Waals surface area contributed by atoms with E-state index in [-0.39, 0.29) is 17.4 Å². The summed E-state index contributed by atoms with van der Waals surface area (Å²) in [7, 11) is 1.61. The van der Waals surface area contributed by atoms with Gasteiger partial charge in [0.1, 0.15) is 17.1 Å². The highest BCUT2D eigenvalue weighted by Crippen LogP contribution is 2.34. The first-order valence-electron chi connectivity index (χ1n) is 10.5. The van der Waals surface area contributed by atoms with Gasteiger partial charge in [-0.3, -0.25) is 14.7 Å². The van der Waals surface area contributed by atoms with Crippen molar-refractivity contribution in [1.82, 2.24) is 25.1 Å². The minimum atomic E-state index is -0.354. The molecular weight excluding hydrogens is 461 g/mol. The fourth-order valence-electron chi connectivity index (χ4n) is 3.69. The molecule has 0 aromatic heterocycles. The summed E-state index contributed by atoms with van der Waals surface area (Å²) in [5.41, 5.74) is 3.14. The SMILES string of the molecule is CNC(=O)Cc1ccc(Cc2nc3n(-c4c(Cl)cccc4Cl)[nH]c(C(C)C)c-3c(=O)n2)cc1. The first kappa shape index (κ1) is 23.0. The number of carbonyl (C=O) groups is 1. The van der Waals surface area contributed by atoms with Crippen molar-refractivity contribution in [2.75, 3.05) is 7.05 Å². The van der Waals surface area contributed by atoms with Crippen LogP contribution in [0.25, 0.3) is 17.1 Å². The van der Waals surface area contributed by atoms with Crippen molar-refractivity contribution in [3.63, 3.8) is 0 Å². The summed E-state index contributed by atoms with van der Waals surface area (Å²) in [5.74, 6) is 0.798. The molecule has 33 heavy (non-hydrogen) atoms. The highest BCUT2D eigenvalue weighted by atomic mass is 35.5. The van der Waals surface area contributed by atoms with Crippen molar-refractivity contribution >= 4 is 29.1 Å². The van der Waals surface area contributed by atoms with Gasteiger partial charge in [0.25, 0.3) is 5.56 Å². The molecular formula is C24H23Cl2N5O2. The third kappa shape index (κ3) is 4.65. The lowest BCUT2D eigenvalue weighted by molar-refractivity contribution is -0.119. The molecule has 2 aliphatic heterocycles. The van der Waals surface area contributed by atoms with E-state index in [1.807, 2.05) is 38.1 Å². The predicted molar refractivity (Wildman–Crippen MR) is 130 cm³/mol. The van der Waals surface area contributed by atoms with Gasteiger partial charge in [0.2, 0.25) is 5.91 Å². The van der Waals surface area contributed by atoms with Crippen LogP contribution in [-0.2, 0) is 17.6 Å². The molecule has 2 heterocycles. The molecule has 0 radical (unpaired) electrons. The van der Waals surface area contributed by atoms with E-state index in [2.05, 4.69) is 15.4 Å². The van der Waals surface area contributed by atoms with E-state index in [0.29, 0.717) is 45.8 Å². The standard InChI is InChI=1S/C24H23Cl2N5O2/c1-13(2)21-20-23(31(30-21)22-16(25)5-4-6-17(22)26)28-18(29-24(20)33)11-14-7-9-15(10-8-14)12-19(32)27-3/h4-10,13,30H,11-12H2,1-3H3,(H,27,32). The molecule has 4 rings (SSSR count). The van der Waals surface area contributed by atoms with Crippen LogP contribution in [0.3, 0.4) is 0 Å². The Kier molecular flexibility index (Phi) is 6.54. The smallest absolute Gasteiger partial charge is 0.284 e. The average Bonchev–Trinajstić information content (AvgIpc) is 3.15. The molecule has 0 fully saturated rings. The largest absolute Gasteiger partial charge is 0.359 e. The highest BCUT2D eigenvalue weighted by Gasteiger charge is 2.26. The molecule has 0 saturated heterocycles. The van der Waals surface area contributed by atoms with Crippen molar-refractivity contribution in [2.45, 2.75) is 32.6 Å². The maximum absolute atomic E-state index is 13.0. The normalized spacial score (nSPS) is 11.3. The van der Waals surface area contributed by atoms with Crippen molar-refractivity contribution in [3.05, 3.63) is 85.5 Å². The number of halogens is 2. The molecule has 0 bridgehead atoms. The number of hydrogen-bond acceptors (Lipinski definition) is 4. The number of fused-ring (bicyclic) bond motifs is 1. The first-order valence-corrected chi connectivity index (χ1v) is 11.3. The number of para-hydroxylation sites is 1. The van der Waals surface area contributed by atoms with Gasteiger partial charge >= 0.3 is 0 Å². The Balaban J connectivity index is 1.78. The maximum Gasteiger partial charge on any atom is 0.284 e. The second kappa shape index (κ2) is 9.37. The minimum Gasteiger partial charge on any atom is -0.359 e. The van der Waals surface area contributed by atoms with Gasteiger partial charge in [0.15, 0.2) is 5.82 Å². The van der Waals surface area contributed by atoms with Crippen LogP contribution >= 0.6 is 23.2 Å². The van der Waals surface area contributed by atoms with E-state index in [4.69, 9.17) is 28.2 Å². The monoisotopic (exact) mass is 483 g/mol. The number of nitrogens with one attached hydrogen (secondary N) is 2. The molecule has 2 aromatic carbocycles. The molecule has 9 heteroatoms. The van der Waals surface area contributed by atoms with Crippen LogP contribution < -0.4 is 10.9 Å². The Morgan fingerprint density at radius 1 is 1.06 bits per heavy atom. The van der Waals surface area contributed by atoms with E-state index in [1.165, 1.54) is 0 Å². The molecule has 0 unspecified atom stereocenters. The number of nitrogens with zero attached hydrogens (tertiary/aromatic N) is 3. The predicted octanol–water partition coefficient (Wildman–Crippen LogP) is 4.37. The third-order valence-corrected chi connectivity index (χ3v) is 5.99. The lowest BCUT2D eigenvalue weighted by atomic mass is 10.0. The molecule has 170 valence electrons. The summed E-state index contributed by atoms with van der Waals surface area (Å²) in [6, 6.07) is 12.8. The number of hydrogen-bond donors (Lipinski definition) is 2. The Morgan fingerprint density at radius 2 is 1.70 bits per heavy atom. The number of benzene rings is 2. The van der Waals surface area contributed by atoms with Crippen molar-refractivity contribution in [3.8, 4) is 17.1 Å². The van der Waals surface area contributed by atoms with Crippen LogP contribution in [0.1, 0.15) is 42.4 Å². The van der Waals surface area contributed by atoms with Crippen molar-refractivity contribution in [2.24, 2.45) is 0 Å². The molecule has 2 aliphatic rings. The van der Waals surface area contributed by atoms with Crippen LogP contribution in [0.4, 0.5) is 0 Å². The number of aromatic nitrogens is 4. The Labute approximate surface area is 201 Å². The van der Waals surface area contributed by atoms with Crippen LogP contribution in [0, 0.1) is 0 Å². The molecule has 1 amide bonds. The lowest BCUT2D eigenvalue weighted by Gasteiger charge is -2.11. The van der Waals surface area contributed by atoms with E-state index >= 15 is 0 Å².